The second-order valence-corrected chi connectivity index (χ2v) is 8.40. The minimum atomic E-state index is -0.621. The van der Waals surface area contributed by atoms with Crippen molar-refractivity contribution in [3.05, 3.63) is 63.7 Å². The number of aryl methyl sites for hydroxylation is 2. The number of hydrogen-bond acceptors (Lipinski definition) is 3. The van der Waals surface area contributed by atoms with E-state index in [1.165, 1.54) is 0 Å². The summed E-state index contributed by atoms with van der Waals surface area (Å²) in [4.78, 5) is 27.4. The molecule has 0 spiro atoms. The Bertz CT molecular complexity index is 896. The van der Waals surface area contributed by atoms with Gasteiger partial charge in [-0.05, 0) is 74.6 Å². The molecule has 2 amide bonds. The number of nitrogens with one attached hydrogen (secondary N) is 1. The van der Waals surface area contributed by atoms with Crippen molar-refractivity contribution >= 4 is 23.4 Å². The van der Waals surface area contributed by atoms with Crippen LogP contribution in [0.5, 0.6) is 5.75 Å². The third kappa shape index (κ3) is 7.28. The van der Waals surface area contributed by atoms with Crippen LogP contribution in [0.4, 0.5) is 0 Å². The predicted molar refractivity (Wildman–Crippen MR) is 126 cm³/mol. The summed E-state index contributed by atoms with van der Waals surface area (Å²) in [6.07, 6.45) is 1.89. The van der Waals surface area contributed by atoms with Crippen molar-refractivity contribution in [2.45, 2.75) is 60.0 Å². The monoisotopic (exact) mass is 444 g/mol. The van der Waals surface area contributed by atoms with Crippen molar-refractivity contribution in [2.75, 3.05) is 13.2 Å². The average molecular weight is 445 g/mol. The van der Waals surface area contributed by atoms with E-state index in [1.54, 1.807) is 24.0 Å². The highest BCUT2D eigenvalue weighted by Gasteiger charge is 2.26. The van der Waals surface area contributed by atoms with Crippen LogP contribution in [-0.4, -0.2) is 35.9 Å². The minimum Gasteiger partial charge on any atom is -0.483 e. The lowest BCUT2D eigenvalue weighted by Crippen LogP contribution is -2.49. The average Bonchev–Trinajstić information content (AvgIpc) is 2.74. The van der Waals surface area contributed by atoms with Crippen LogP contribution < -0.4 is 10.1 Å². The fourth-order valence-electron chi connectivity index (χ4n) is 3.28. The third-order valence-corrected chi connectivity index (χ3v) is 5.63. The smallest absolute Gasteiger partial charge is 0.261 e. The van der Waals surface area contributed by atoms with Gasteiger partial charge in [-0.25, -0.2) is 0 Å². The predicted octanol–water partition coefficient (Wildman–Crippen LogP) is 4.98. The molecule has 31 heavy (non-hydrogen) atoms. The number of carbonyl (C=O) groups excluding carboxylic acids is 2. The summed E-state index contributed by atoms with van der Waals surface area (Å²) in [5.74, 6) is 0.280. The van der Waals surface area contributed by atoms with Crippen molar-refractivity contribution < 1.29 is 14.3 Å². The van der Waals surface area contributed by atoms with Gasteiger partial charge in [-0.3, -0.25) is 9.59 Å². The summed E-state index contributed by atoms with van der Waals surface area (Å²) < 4.78 is 5.88. The van der Waals surface area contributed by atoms with Gasteiger partial charge in [0.2, 0.25) is 5.91 Å². The number of ether oxygens (including phenoxy) is 1. The maximum Gasteiger partial charge on any atom is 0.261 e. The molecule has 0 fully saturated rings. The number of unbranched alkanes of at least 4 members (excludes halogenated alkanes) is 1. The molecule has 168 valence electrons. The number of nitrogens with zero attached hydrogens (tertiary/aromatic N) is 1. The highest BCUT2D eigenvalue weighted by molar-refractivity contribution is 6.30. The largest absolute Gasteiger partial charge is 0.483 e. The van der Waals surface area contributed by atoms with E-state index < -0.39 is 6.04 Å². The molecule has 0 aromatic heterocycles. The molecule has 0 aliphatic carbocycles. The number of amides is 2. The lowest BCUT2D eigenvalue weighted by atomic mass is 10.1. The van der Waals surface area contributed by atoms with Gasteiger partial charge in [0, 0.05) is 18.1 Å². The molecule has 6 heteroatoms. The first-order chi connectivity index (χ1) is 14.7. The van der Waals surface area contributed by atoms with E-state index in [0.717, 1.165) is 35.1 Å². The highest BCUT2D eigenvalue weighted by Crippen LogP contribution is 2.23. The molecule has 0 heterocycles. The lowest BCUT2D eigenvalue weighted by molar-refractivity contribution is -0.142. The summed E-state index contributed by atoms with van der Waals surface area (Å²) in [5, 5.41) is 3.54. The number of hydrogen-bond donors (Lipinski definition) is 1. The highest BCUT2D eigenvalue weighted by atomic mass is 35.5. The first-order valence-corrected chi connectivity index (χ1v) is 11.1. The van der Waals surface area contributed by atoms with Crippen LogP contribution in [0.15, 0.2) is 36.4 Å². The number of benzene rings is 2. The molecule has 2 rings (SSSR count). The zero-order valence-electron chi connectivity index (χ0n) is 19.1. The summed E-state index contributed by atoms with van der Waals surface area (Å²) in [6.45, 7) is 10.6. The second-order valence-electron chi connectivity index (χ2n) is 7.96. The molecule has 2 aromatic rings. The molecule has 0 bridgehead atoms. The van der Waals surface area contributed by atoms with Gasteiger partial charge in [-0.2, -0.15) is 0 Å². The Hall–Kier alpha value is -2.53. The quantitative estimate of drug-likeness (QED) is 0.526. The van der Waals surface area contributed by atoms with Crippen LogP contribution in [0, 0.1) is 20.8 Å². The summed E-state index contributed by atoms with van der Waals surface area (Å²) >= 11 is 5.99. The molecule has 5 nitrogen and oxygen atoms in total. The maximum atomic E-state index is 13.1. The van der Waals surface area contributed by atoms with Crippen LogP contribution in [0.25, 0.3) is 0 Å². The Morgan fingerprint density at radius 3 is 2.45 bits per heavy atom. The molecular formula is C25H33ClN2O3. The second kappa shape index (κ2) is 11.8. The summed E-state index contributed by atoms with van der Waals surface area (Å²) in [6, 6.07) is 10.7. The summed E-state index contributed by atoms with van der Waals surface area (Å²) in [7, 11) is 0. The van der Waals surface area contributed by atoms with Gasteiger partial charge < -0.3 is 15.0 Å². The Balaban J connectivity index is 2.16. The molecule has 0 aliphatic heterocycles. The molecule has 0 saturated carbocycles. The molecule has 0 saturated heterocycles. The van der Waals surface area contributed by atoms with E-state index in [2.05, 4.69) is 18.3 Å². The van der Waals surface area contributed by atoms with Gasteiger partial charge >= 0.3 is 0 Å². The first kappa shape index (κ1) is 24.7. The Morgan fingerprint density at radius 1 is 1.13 bits per heavy atom. The minimum absolute atomic E-state index is 0.135. The Labute approximate surface area is 190 Å². The fourth-order valence-corrected chi connectivity index (χ4v) is 3.40. The van der Waals surface area contributed by atoms with Gasteiger partial charge in [0.25, 0.3) is 5.91 Å². The lowest BCUT2D eigenvalue weighted by Gasteiger charge is -2.29. The van der Waals surface area contributed by atoms with E-state index in [1.807, 2.05) is 39.0 Å². The maximum absolute atomic E-state index is 13.1. The van der Waals surface area contributed by atoms with E-state index in [9.17, 15) is 9.59 Å². The number of halogens is 1. The number of rotatable bonds is 10. The molecule has 0 unspecified atom stereocenters. The van der Waals surface area contributed by atoms with Crippen LogP contribution in [0.3, 0.4) is 0 Å². The normalized spacial score (nSPS) is 11.7. The zero-order valence-corrected chi connectivity index (χ0v) is 19.9. The SMILES string of the molecule is CCCCNC(=O)[C@@H](C)N(Cc1ccc(Cl)cc1)C(=O)COc1cc(C)cc(C)c1C. The van der Waals surface area contributed by atoms with Crippen LogP contribution in [0.2, 0.25) is 5.02 Å². The van der Waals surface area contributed by atoms with Crippen molar-refractivity contribution in [3.8, 4) is 5.75 Å². The van der Waals surface area contributed by atoms with Crippen molar-refractivity contribution in [3.63, 3.8) is 0 Å². The van der Waals surface area contributed by atoms with Crippen molar-refractivity contribution in [1.82, 2.24) is 10.2 Å². The molecule has 0 radical (unpaired) electrons. The van der Waals surface area contributed by atoms with Gasteiger partial charge in [0.05, 0.1) is 0 Å². The number of carbonyl (C=O) groups is 2. The van der Waals surface area contributed by atoms with Crippen LogP contribution >= 0.6 is 11.6 Å². The Kier molecular flexibility index (Phi) is 9.38. The van der Waals surface area contributed by atoms with E-state index in [4.69, 9.17) is 16.3 Å². The fraction of sp³-hybridized carbons (Fsp3) is 0.440. The van der Waals surface area contributed by atoms with Crippen LogP contribution in [0.1, 0.15) is 48.9 Å². The third-order valence-electron chi connectivity index (χ3n) is 5.38. The molecule has 1 N–H and O–H groups in total. The van der Waals surface area contributed by atoms with E-state index in [0.29, 0.717) is 23.9 Å². The molecule has 2 aromatic carbocycles. The molecule has 0 aliphatic rings. The van der Waals surface area contributed by atoms with Gasteiger partial charge in [0.15, 0.2) is 6.61 Å². The first-order valence-electron chi connectivity index (χ1n) is 10.7. The van der Waals surface area contributed by atoms with Crippen molar-refractivity contribution in [1.29, 1.82) is 0 Å². The zero-order chi connectivity index (χ0) is 23.0. The summed E-state index contributed by atoms with van der Waals surface area (Å²) in [5.41, 5.74) is 4.10. The van der Waals surface area contributed by atoms with Gasteiger partial charge in [-0.1, -0.05) is 43.1 Å². The Morgan fingerprint density at radius 2 is 1.81 bits per heavy atom. The van der Waals surface area contributed by atoms with Crippen LogP contribution in [-0.2, 0) is 16.1 Å². The topological polar surface area (TPSA) is 58.6 Å². The van der Waals surface area contributed by atoms with Gasteiger partial charge in [-0.15, -0.1) is 0 Å². The van der Waals surface area contributed by atoms with Gasteiger partial charge in [0.1, 0.15) is 11.8 Å². The van der Waals surface area contributed by atoms with Crippen molar-refractivity contribution in [2.24, 2.45) is 0 Å². The molecule has 1 atom stereocenters. The molecular weight excluding hydrogens is 412 g/mol. The standard InChI is InChI=1S/C25H33ClN2O3/c1-6-7-12-27-25(30)20(5)28(15-21-8-10-22(26)11-9-21)24(29)16-31-23-14-17(2)13-18(3)19(23)4/h8-11,13-14,20H,6-7,12,15-16H2,1-5H3,(H,27,30)/t20-/m1/s1. The van der Waals surface area contributed by atoms with E-state index in [-0.39, 0.29) is 18.4 Å². The van der Waals surface area contributed by atoms with E-state index >= 15 is 0 Å².